The lowest BCUT2D eigenvalue weighted by atomic mass is 9.99. The largest absolute Gasteiger partial charge is 0.310 e. The quantitative estimate of drug-likeness (QED) is 0.171. The zero-order valence-electron chi connectivity index (χ0n) is 27.8. The molecule has 0 amide bonds. The van der Waals surface area contributed by atoms with Crippen LogP contribution in [0.2, 0.25) is 0 Å². The van der Waals surface area contributed by atoms with Crippen LogP contribution >= 0.6 is 11.3 Å². The van der Waals surface area contributed by atoms with Gasteiger partial charge in [-0.05, 0) is 83.4 Å². The van der Waals surface area contributed by atoms with E-state index in [1.165, 1.54) is 64.2 Å². The number of fused-ring (bicyclic) bond motifs is 6. The number of rotatable bonds is 6. The van der Waals surface area contributed by atoms with Crippen molar-refractivity contribution in [1.29, 1.82) is 0 Å². The molecule has 2 nitrogen and oxygen atoms in total. The molecule has 240 valence electrons. The second-order valence-corrected chi connectivity index (χ2v) is 14.0. The van der Waals surface area contributed by atoms with Crippen LogP contribution in [0.1, 0.15) is 0 Å². The molecule has 0 radical (unpaired) electrons. The van der Waals surface area contributed by atoms with E-state index in [0.29, 0.717) is 0 Å². The zero-order valence-corrected chi connectivity index (χ0v) is 28.6. The maximum absolute atomic E-state index is 2.42. The minimum atomic E-state index is 1.10. The molecule has 0 atom stereocenters. The summed E-state index contributed by atoms with van der Waals surface area (Å²) < 4.78 is 5.02. The Hall–Kier alpha value is -6.42. The molecule has 0 N–H and O–H groups in total. The fourth-order valence-electron chi connectivity index (χ4n) is 7.62. The zero-order chi connectivity index (χ0) is 33.7. The molecular formula is C48H32N2S. The lowest BCUT2D eigenvalue weighted by Crippen LogP contribution is -2.11. The van der Waals surface area contributed by atoms with Gasteiger partial charge in [-0.15, -0.1) is 11.3 Å². The fourth-order valence-corrected chi connectivity index (χ4v) is 8.71. The molecule has 0 aliphatic carbocycles. The summed E-state index contributed by atoms with van der Waals surface area (Å²) in [7, 11) is 0. The molecule has 0 saturated carbocycles. The summed E-state index contributed by atoms with van der Waals surface area (Å²) in [5.41, 5.74) is 11.7. The van der Waals surface area contributed by atoms with Gasteiger partial charge in [0.1, 0.15) is 0 Å². The Labute approximate surface area is 300 Å². The number of para-hydroxylation sites is 3. The number of hydrogen-bond acceptors (Lipinski definition) is 2. The molecule has 8 aromatic carbocycles. The summed E-state index contributed by atoms with van der Waals surface area (Å²) in [5, 5.41) is 5.10. The summed E-state index contributed by atoms with van der Waals surface area (Å²) in [4.78, 5) is 2.42. The Balaban J connectivity index is 1.20. The lowest BCUT2D eigenvalue weighted by molar-refractivity contribution is 1.18. The van der Waals surface area contributed by atoms with Crippen LogP contribution in [0.4, 0.5) is 17.1 Å². The Bertz CT molecular complexity index is 2850. The normalized spacial score (nSPS) is 11.5. The van der Waals surface area contributed by atoms with Gasteiger partial charge in [0.15, 0.2) is 0 Å². The lowest BCUT2D eigenvalue weighted by Gasteiger charge is -2.28. The summed E-state index contributed by atoms with van der Waals surface area (Å²) >= 11 is 1.86. The molecule has 2 heterocycles. The van der Waals surface area contributed by atoms with Crippen molar-refractivity contribution in [3.63, 3.8) is 0 Å². The van der Waals surface area contributed by atoms with Crippen molar-refractivity contribution in [2.75, 3.05) is 4.90 Å². The average molecular weight is 669 g/mol. The van der Waals surface area contributed by atoms with Crippen LogP contribution in [-0.2, 0) is 0 Å². The van der Waals surface area contributed by atoms with E-state index in [-0.39, 0.29) is 0 Å². The van der Waals surface area contributed by atoms with Crippen molar-refractivity contribution < 1.29 is 0 Å². The molecule has 10 rings (SSSR count). The van der Waals surface area contributed by atoms with Crippen LogP contribution in [0.15, 0.2) is 194 Å². The summed E-state index contributed by atoms with van der Waals surface area (Å²) in [6.07, 6.45) is 0. The standard InChI is InChI=1S/C48H32N2S/c1-3-13-33(14-4-1)34-23-26-37(27-24-34)49(38-28-29-41-40-18-8-11-21-45(40)50(46(41)32-38)36-15-5-2-6-16-36)44-20-10-7-17-39(44)35-25-30-48-43(31-35)42-19-9-12-22-47(42)51-48/h1-32H. The van der Waals surface area contributed by atoms with Crippen LogP contribution in [-0.4, -0.2) is 4.57 Å². The minimum absolute atomic E-state index is 1.10. The van der Waals surface area contributed by atoms with Crippen molar-refractivity contribution in [2.45, 2.75) is 0 Å². The molecule has 0 unspecified atom stereocenters. The van der Waals surface area contributed by atoms with Crippen LogP contribution in [0.5, 0.6) is 0 Å². The smallest absolute Gasteiger partial charge is 0.0561 e. The molecule has 0 bridgehead atoms. The van der Waals surface area contributed by atoms with E-state index >= 15 is 0 Å². The van der Waals surface area contributed by atoms with Gasteiger partial charge in [0.05, 0.1) is 16.7 Å². The van der Waals surface area contributed by atoms with Crippen LogP contribution in [0.3, 0.4) is 0 Å². The first-order valence-electron chi connectivity index (χ1n) is 17.4. The predicted octanol–water partition coefficient (Wildman–Crippen LogP) is 14.0. The Kier molecular flexibility index (Phi) is 7.04. The third kappa shape index (κ3) is 5.01. The molecule has 10 aromatic rings. The van der Waals surface area contributed by atoms with E-state index in [9.17, 15) is 0 Å². The van der Waals surface area contributed by atoms with Gasteiger partial charge in [0, 0.05) is 53.6 Å². The van der Waals surface area contributed by atoms with E-state index < -0.39 is 0 Å². The van der Waals surface area contributed by atoms with Gasteiger partial charge in [-0.25, -0.2) is 0 Å². The highest BCUT2D eigenvalue weighted by Crippen LogP contribution is 2.45. The molecule has 0 saturated heterocycles. The van der Waals surface area contributed by atoms with Gasteiger partial charge >= 0.3 is 0 Å². The van der Waals surface area contributed by atoms with Crippen LogP contribution < -0.4 is 4.90 Å². The fraction of sp³-hybridized carbons (Fsp3) is 0. The summed E-state index contributed by atoms with van der Waals surface area (Å²) in [6.45, 7) is 0. The second-order valence-electron chi connectivity index (χ2n) is 13.0. The number of nitrogens with zero attached hydrogens (tertiary/aromatic N) is 2. The van der Waals surface area contributed by atoms with Crippen LogP contribution in [0.25, 0.3) is 69.9 Å². The van der Waals surface area contributed by atoms with E-state index in [4.69, 9.17) is 0 Å². The number of hydrogen-bond donors (Lipinski definition) is 0. The molecule has 2 aromatic heterocycles. The van der Waals surface area contributed by atoms with Crippen molar-refractivity contribution in [1.82, 2.24) is 4.57 Å². The average Bonchev–Trinajstić information content (AvgIpc) is 3.74. The van der Waals surface area contributed by atoms with Crippen molar-refractivity contribution in [3.05, 3.63) is 194 Å². The highest BCUT2D eigenvalue weighted by atomic mass is 32.1. The highest BCUT2D eigenvalue weighted by molar-refractivity contribution is 7.25. The summed E-state index contributed by atoms with van der Waals surface area (Å²) in [5.74, 6) is 0. The van der Waals surface area contributed by atoms with Crippen molar-refractivity contribution in [3.8, 4) is 27.9 Å². The number of aromatic nitrogens is 1. The van der Waals surface area contributed by atoms with Crippen LogP contribution in [0, 0.1) is 0 Å². The van der Waals surface area contributed by atoms with Crippen molar-refractivity contribution in [2.24, 2.45) is 0 Å². The van der Waals surface area contributed by atoms with E-state index in [1.54, 1.807) is 0 Å². The number of anilines is 3. The monoisotopic (exact) mass is 668 g/mol. The molecular weight excluding hydrogens is 637 g/mol. The van der Waals surface area contributed by atoms with E-state index in [2.05, 4.69) is 204 Å². The third-order valence-electron chi connectivity index (χ3n) is 10.00. The number of benzene rings is 8. The first-order chi connectivity index (χ1) is 25.3. The Morgan fingerprint density at radius 2 is 0.980 bits per heavy atom. The topological polar surface area (TPSA) is 8.17 Å². The van der Waals surface area contributed by atoms with E-state index in [1.807, 2.05) is 11.3 Å². The number of thiophene rings is 1. The molecule has 51 heavy (non-hydrogen) atoms. The van der Waals surface area contributed by atoms with Gasteiger partial charge in [-0.2, -0.15) is 0 Å². The third-order valence-corrected chi connectivity index (χ3v) is 11.1. The molecule has 0 spiro atoms. The van der Waals surface area contributed by atoms with Gasteiger partial charge in [-0.3, -0.25) is 0 Å². The Morgan fingerprint density at radius 3 is 1.82 bits per heavy atom. The SMILES string of the molecule is c1ccc(-c2ccc(N(c3ccc4c5ccccc5n(-c5ccccc5)c4c3)c3ccccc3-c3ccc4sc5ccccc5c4c3)cc2)cc1. The predicted molar refractivity (Wildman–Crippen MR) is 219 cm³/mol. The second kappa shape index (κ2) is 12.2. The first kappa shape index (κ1) is 29.5. The Morgan fingerprint density at radius 1 is 0.373 bits per heavy atom. The van der Waals surface area contributed by atoms with Gasteiger partial charge in [0.2, 0.25) is 0 Å². The maximum Gasteiger partial charge on any atom is 0.0561 e. The molecule has 3 heteroatoms. The van der Waals surface area contributed by atoms with Gasteiger partial charge < -0.3 is 9.47 Å². The van der Waals surface area contributed by atoms with E-state index in [0.717, 1.165) is 22.7 Å². The molecule has 0 fully saturated rings. The highest BCUT2D eigenvalue weighted by Gasteiger charge is 2.20. The maximum atomic E-state index is 2.42. The minimum Gasteiger partial charge on any atom is -0.310 e. The van der Waals surface area contributed by atoms with Gasteiger partial charge in [-0.1, -0.05) is 127 Å². The first-order valence-corrected chi connectivity index (χ1v) is 18.2. The molecule has 0 aliphatic rings. The molecule has 0 aliphatic heterocycles. The summed E-state index contributed by atoms with van der Waals surface area (Å²) in [6, 6.07) is 70.4. The van der Waals surface area contributed by atoms with Gasteiger partial charge in [0.25, 0.3) is 0 Å². The van der Waals surface area contributed by atoms with Crippen molar-refractivity contribution >= 4 is 70.4 Å².